The van der Waals surface area contributed by atoms with Crippen LogP contribution in [0.15, 0.2) is 77.3 Å². The summed E-state index contributed by atoms with van der Waals surface area (Å²) in [5.41, 5.74) is 1.90. The van der Waals surface area contributed by atoms with Gasteiger partial charge in [0.15, 0.2) is 11.6 Å². The lowest BCUT2D eigenvalue weighted by atomic mass is 9.86. The van der Waals surface area contributed by atoms with Gasteiger partial charge >= 0.3 is 12.1 Å². The molecule has 2 aromatic carbocycles. The van der Waals surface area contributed by atoms with Crippen molar-refractivity contribution in [1.82, 2.24) is 15.5 Å². The van der Waals surface area contributed by atoms with Gasteiger partial charge in [0.1, 0.15) is 12.2 Å². The number of hydrogen-bond acceptors (Lipinski definition) is 10. The van der Waals surface area contributed by atoms with Gasteiger partial charge in [0.25, 0.3) is 0 Å². The Morgan fingerprint density at radius 1 is 0.938 bits per heavy atom. The van der Waals surface area contributed by atoms with Crippen molar-refractivity contribution in [2.45, 2.75) is 150 Å². The number of alkyl carbamates (subject to hydrolysis) is 1. The van der Waals surface area contributed by atoms with Crippen LogP contribution in [0.4, 0.5) is 4.79 Å². The fraction of sp³-hybridized carbons (Fsp3) is 0.596. The Kier molecular flexibility index (Phi) is 21.0. The minimum atomic E-state index is -0.861. The number of thioether (sulfide) groups is 1. The molecule has 1 saturated heterocycles. The highest BCUT2D eigenvalue weighted by atomic mass is 32.2. The maximum atomic E-state index is 14.7. The lowest BCUT2D eigenvalue weighted by molar-refractivity contribution is -0.159. The molecule has 0 spiro atoms. The van der Waals surface area contributed by atoms with Crippen LogP contribution >= 0.6 is 11.8 Å². The number of esters is 1. The molecule has 2 N–H and O–H groups in total. The van der Waals surface area contributed by atoms with Gasteiger partial charge in [0.05, 0.1) is 35.4 Å². The molecule has 13 heteroatoms. The smallest absolute Gasteiger partial charge is 0.407 e. The summed E-state index contributed by atoms with van der Waals surface area (Å²) in [6, 6.07) is 17.5. The SMILES string of the molecule is C/C(=C\[C@H](Cc1ccccc1)C(=O)N1CCC[C@H]1C(=O)C[C@H](C(=O)N[C@@H](CCCNC(=O)OCc1ccccc1)C(=O)CC1=NCCC(C)S1)C(C)C)[C@H](CC(C)C)C(=O)OC(C)(C)C. The first-order valence-electron chi connectivity index (χ1n) is 23.6. The molecule has 2 aromatic rings. The van der Waals surface area contributed by atoms with E-state index in [9.17, 15) is 28.8 Å². The zero-order valence-corrected chi connectivity index (χ0v) is 41.0. The summed E-state index contributed by atoms with van der Waals surface area (Å²) < 4.78 is 11.2. The normalized spacial score (nSPS) is 18.6. The number of hydrogen-bond donors (Lipinski definition) is 2. The largest absolute Gasteiger partial charge is 0.460 e. The number of Topliss-reactive ketones (excluding diaryl/α,β-unsaturated/α-hetero) is 2. The zero-order valence-electron chi connectivity index (χ0n) is 40.2. The second-order valence-electron chi connectivity index (χ2n) is 19.5. The third-order valence-electron chi connectivity index (χ3n) is 11.8. The van der Waals surface area contributed by atoms with Crippen LogP contribution in [0.1, 0.15) is 125 Å². The molecular weight excluding hydrogens is 841 g/mol. The van der Waals surface area contributed by atoms with Crippen molar-refractivity contribution in [1.29, 1.82) is 0 Å². The van der Waals surface area contributed by atoms with Crippen LogP contribution in [0.5, 0.6) is 0 Å². The number of aliphatic imine (C=N–C) groups is 1. The van der Waals surface area contributed by atoms with E-state index >= 15 is 0 Å². The van der Waals surface area contributed by atoms with Gasteiger partial charge in [-0.2, -0.15) is 0 Å². The van der Waals surface area contributed by atoms with Crippen molar-refractivity contribution in [2.75, 3.05) is 19.6 Å². The lowest BCUT2D eigenvalue weighted by Crippen LogP contribution is -2.48. The zero-order chi connectivity index (χ0) is 47.7. The first-order valence-corrected chi connectivity index (χ1v) is 24.4. The molecule has 0 bridgehead atoms. The number of benzene rings is 2. The molecule has 1 fully saturated rings. The van der Waals surface area contributed by atoms with Gasteiger partial charge in [-0.25, -0.2) is 4.79 Å². The first kappa shape index (κ1) is 52.8. The summed E-state index contributed by atoms with van der Waals surface area (Å²) >= 11 is 1.58. The number of amides is 3. The van der Waals surface area contributed by atoms with Crippen molar-refractivity contribution < 1.29 is 38.2 Å². The number of ketones is 2. The highest BCUT2D eigenvalue weighted by Crippen LogP contribution is 2.31. The molecule has 12 nitrogen and oxygen atoms in total. The summed E-state index contributed by atoms with van der Waals surface area (Å²) in [5.74, 6) is -3.27. The molecule has 356 valence electrons. The Morgan fingerprint density at radius 3 is 2.22 bits per heavy atom. The maximum absolute atomic E-state index is 14.7. The molecule has 6 atom stereocenters. The molecule has 1 unspecified atom stereocenters. The monoisotopic (exact) mass is 915 g/mol. The Labute approximate surface area is 391 Å². The summed E-state index contributed by atoms with van der Waals surface area (Å²) in [4.78, 5) is 89.4. The fourth-order valence-electron chi connectivity index (χ4n) is 8.33. The molecule has 0 saturated carbocycles. The van der Waals surface area contributed by atoms with Crippen LogP contribution in [0, 0.1) is 29.6 Å². The van der Waals surface area contributed by atoms with Crippen molar-refractivity contribution in [3.63, 3.8) is 0 Å². The van der Waals surface area contributed by atoms with E-state index in [-0.39, 0.29) is 67.7 Å². The Hall–Kier alpha value is -4.78. The van der Waals surface area contributed by atoms with Crippen LogP contribution < -0.4 is 10.6 Å². The first-order chi connectivity index (χ1) is 30.8. The van der Waals surface area contributed by atoms with Gasteiger partial charge < -0.3 is 25.0 Å². The van der Waals surface area contributed by atoms with E-state index in [1.165, 1.54) is 0 Å². The molecule has 4 rings (SSSR count). The van der Waals surface area contributed by atoms with E-state index in [4.69, 9.17) is 9.47 Å². The van der Waals surface area contributed by atoms with Gasteiger partial charge in [0, 0.05) is 37.2 Å². The van der Waals surface area contributed by atoms with E-state index in [1.54, 1.807) is 16.7 Å². The van der Waals surface area contributed by atoms with Crippen LogP contribution in [0.3, 0.4) is 0 Å². The molecule has 65 heavy (non-hydrogen) atoms. The second kappa shape index (κ2) is 25.8. The van der Waals surface area contributed by atoms with E-state index < -0.39 is 47.4 Å². The third kappa shape index (κ3) is 17.9. The molecule has 0 aromatic heterocycles. The Balaban J connectivity index is 1.49. The number of nitrogens with one attached hydrogen (secondary N) is 2. The highest BCUT2D eigenvalue weighted by Gasteiger charge is 2.40. The van der Waals surface area contributed by atoms with Crippen molar-refractivity contribution in [3.05, 3.63) is 83.4 Å². The predicted octanol–water partition coefficient (Wildman–Crippen LogP) is 9.09. The van der Waals surface area contributed by atoms with Crippen LogP contribution in [-0.4, -0.2) is 88.0 Å². The molecule has 2 aliphatic rings. The van der Waals surface area contributed by atoms with Gasteiger partial charge in [-0.05, 0) is 95.6 Å². The quantitative estimate of drug-likeness (QED) is 0.0630. The summed E-state index contributed by atoms with van der Waals surface area (Å²) in [6.45, 7) is 18.8. The third-order valence-corrected chi connectivity index (χ3v) is 13.0. The van der Waals surface area contributed by atoms with E-state index in [1.807, 2.05) is 108 Å². The number of ether oxygens (including phenoxy) is 2. The number of carbonyl (C=O) groups is 6. The standard InChI is InChI=1S/C52H74N4O8S/c1-34(2)28-42(50(61)64-52(7,8)9)36(5)29-40(30-38-18-12-10-13-19-38)49(60)56-27-17-23-44(56)46(58)31-41(35(3)4)48(59)55-43(45(57)32-47-53-26-24-37(6)65-47)22-16-25-54-51(62)63-33-39-20-14-11-15-21-39/h10-15,18-21,29,34-35,37,40-44H,16-17,22-28,30-33H2,1-9H3,(H,54,62)(H,55,59)/b36-29+/t37?,40-,41+,42+,43+,44+/m1/s1. The second-order valence-corrected chi connectivity index (χ2v) is 21.0. The van der Waals surface area contributed by atoms with E-state index in [0.29, 0.717) is 50.4 Å². The van der Waals surface area contributed by atoms with E-state index in [2.05, 4.69) is 36.4 Å². The van der Waals surface area contributed by atoms with Gasteiger partial charge in [-0.1, -0.05) is 107 Å². The Morgan fingerprint density at radius 2 is 1.60 bits per heavy atom. The van der Waals surface area contributed by atoms with Crippen LogP contribution in [0.2, 0.25) is 0 Å². The predicted molar refractivity (Wildman–Crippen MR) is 258 cm³/mol. The molecular formula is C52H74N4O8S. The average molecular weight is 915 g/mol. The molecule has 0 radical (unpaired) electrons. The van der Waals surface area contributed by atoms with Crippen molar-refractivity contribution in [2.24, 2.45) is 34.6 Å². The van der Waals surface area contributed by atoms with Crippen molar-refractivity contribution >= 4 is 52.2 Å². The topological polar surface area (TPSA) is 161 Å². The number of likely N-dealkylation sites (tertiary alicyclic amines) is 1. The highest BCUT2D eigenvalue weighted by molar-refractivity contribution is 8.14. The molecule has 2 heterocycles. The summed E-state index contributed by atoms with van der Waals surface area (Å²) in [6.07, 6.45) is 4.97. The lowest BCUT2D eigenvalue weighted by Gasteiger charge is -2.30. The van der Waals surface area contributed by atoms with Crippen LogP contribution in [0.25, 0.3) is 0 Å². The number of carbonyl (C=O) groups excluding carboxylic acids is 6. The minimum Gasteiger partial charge on any atom is -0.460 e. The molecule has 0 aliphatic carbocycles. The van der Waals surface area contributed by atoms with Gasteiger partial charge in [-0.3, -0.25) is 29.0 Å². The summed E-state index contributed by atoms with van der Waals surface area (Å²) in [7, 11) is 0. The fourth-order valence-corrected chi connectivity index (χ4v) is 9.41. The minimum absolute atomic E-state index is 0.0883. The van der Waals surface area contributed by atoms with Crippen LogP contribution in [-0.2, 0) is 46.5 Å². The molecule has 3 amide bonds. The summed E-state index contributed by atoms with van der Waals surface area (Å²) in [5, 5.41) is 6.82. The van der Waals surface area contributed by atoms with Crippen molar-refractivity contribution in [3.8, 4) is 0 Å². The molecule has 2 aliphatic heterocycles. The number of rotatable bonds is 23. The van der Waals surface area contributed by atoms with Gasteiger partial charge in [0.2, 0.25) is 11.8 Å². The Bertz CT molecular complexity index is 1960. The average Bonchev–Trinajstić information content (AvgIpc) is 3.75. The van der Waals surface area contributed by atoms with E-state index in [0.717, 1.165) is 28.2 Å². The maximum Gasteiger partial charge on any atom is 0.407 e. The van der Waals surface area contributed by atoms with Gasteiger partial charge in [-0.15, -0.1) is 11.8 Å². The number of nitrogens with zero attached hydrogens (tertiary/aromatic N) is 2.